The molecule has 5 rings (SSSR count). The zero-order chi connectivity index (χ0) is 20.0. The van der Waals surface area contributed by atoms with Gasteiger partial charge in [-0.2, -0.15) is 0 Å². The van der Waals surface area contributed by atoms with E-state index in [0.717, 1.165) is 17.7 Å². The minimum atomic E-state index is -0.560. The van der Waals surface area contributed by atoms with Crippen LogP contribution in [0.5, 0.6) is 0 Å². The molecule has 29 heavy (non-hydrogen) atoms. The van der Waals surface area contributed by atoms with Gasteiger partial charge in [-0.1, -0.05) is 18.6 Å². The molecule has 4 atom stereocenters. The van der Waals surface area contributed by atoms with Gasteiger partial charge in [0.05, 0.1) is 0 Å². The van der Waals surface area contributed by atoms with E-state index in [2.05, 4.69) is 22.0 Å². The van der Waals surface area contributed by atoms with Crippen molar-refractivity contribution in [3.8, 4) is 0 Å². The Bertz CT molecular complexity index is 854. The Morgan fingerprint density at radius 1 is 1.07 bits per heavy atom. The fraction of sp³-hybridized carbons (Fsp3) is 0.591. The zero-order valence-electron chi connectivity index (χ0n) is 16.6. The summed E-state index contributed by atoms with van der Waals surface area (Å²) in [5.41, 5.74) is 2.83. The number of fused-ring (bicyclic) bond motifs is 3. The highest BCUT2D eigenvalue weighted by Crippen LogP contribution is 2.31. The quantitative estimate of drug-likeness (QED) is 0.666. The second-order valence-electron chi connectivity index (χ2n) is 8.81. The topological polar surface area (TPSA) is 90.5 Å². The Morgan fingerprint density at radius 2 is 1.97 bits per heavy atom. The number of rotatable bonds is 4. The van der Waals surface area contributed by atoms with Crippen molar-refractivity contribution < 1.29 is 14.4 Å². The molecule has 3 N–H and O–H groups in total. The lowest BCUT2D eigenvalue weighted by Gasteiger charge is -2.29. The zero-order valence-corrected chi connectivity index (χ0v) is 16.6. The monoisotopic (exact) mass is 396 g/mol. The molecule has 0 aliphatic carbocycles. The number of hydrogen-bond acceptors (Lipinski definition) is 5. The van der Waals surface area contributed by atoms with E-state index in [1.54, 1.807) is 4.90 Å². The third-order valence-electron chi connectivity index (χ3n) is 7.06. The maximum absolute atomic E-state index is 13.0. The second-order valence-corrected chi connectivity index (χ2v) is 8.81. The summed E-state index contributed by atoms with van der Waals surface area (Å²) < 4.78 is 0. The van der Waals surface area contributed by atoms with Crippen molar-refractivity contribution in [1.82, 2.24) is 20.9 Å². The first-order valence-corrected chi connectivity index (χ1v) is 10.8. The maximum Gasteiger partial charge on any atom is 0.255 e. The van der Waals surface area contributed by atoms with Gasteiger partial charge in [-0.25, -0.2) is 0 Å². The Kier molecular flexibility index (Phi) is 4.87. The molecule has 3 amide bonds. The highest BCUT2D eigenvalue weighted by molar-refractivity contribution is 6.05. The molecule has 0 saturated carbocycles. The van der Waals surface area contributed by atoms with Crippen LogP contribution in [-0.2, 0) is 22.7 Å². The SMILES string of the molecule is O=C1CCC(N2Cc3c(CNC4CCCC5CCC4N5)cccc3C2=O)C(=O)N1. The van der Waals surface area contributed by atoms with Crippen molar-refractivity contribution >= 4 is 17.7 Å². The van der Waals surface area contributed by atoms with E-state index < -0.39 is 6.04 Å². The van der Waals surface area contributed by atoms with E-state index in [9.17, 15) is 14.4 Å². The molecular formula is C22H28N4O3. The van der Waals surface area contributed by atoms with E-state index in [1.165, 1.54) is 32.1 Å². The normalized spacial score (nSPS) is 31.6. The molecule has 1 aromatic rings. The van der Waals surface area contributed by atoms with Gasteiger partial charge < -0.3 is 15.5 Å². The van der Waals surface area contributed by atoms with E-state index in [0.29, 0.717) is 36.7 Å². The van der Waals surface area contributed by atoms with Crippen LogP contribution in [0.3, 0.4) is 0 Å². The molecule has 4 unspecified atom stereocenters. The summed E-state index contributed by atoms with van der Waals surface area (Å²) in [6, 6.07) is 6.99. The lowest BCUT2D eigenvalue weighted by atomic mass is 9.96. The van der Waals surface area contributed by atoms with Crippen molar-refractivity contribution in [2.45, 2.75) is 82.2 Å². The van der Waals surface area contributed by atoms with Gasteiger partial charge in [-0.15, -0.1) is 0 Å². The average molecular weight is 396 g/mol. The number of piperidine rings is 1. The molecule has 4 aliphatic heterocycles. The number of amides is 3. The Hall–Kier alpha value is -2.25. The molecule has 0 radical (unpaired) electrons. The first-order chi connectivity index (χ1) is 14.1. The van der Waals surface area contributed by atoms with Crippen LogP contribution in [-0.4, -0.2) is 46.8 Å². The van der Waals surface area contributed by atoms with Crippen LogP contribution < -0.4 is 16.0 Å². The molecule has 1 aromatic carbocycles. The average Bonchev–Trinajstić information content (AvgIpc) is 3.23. The van der Waals surface area contributed by atoms with Crippen LogP contribution in [0.2, 0.25) is 0 Å². The number of hydrogen-bond donors (Lipinski definition) is 3. The first-order valence-electron chi connectivity index (χ1n) is 10.8. The predicted molar refractivity (Wildman–Crippen MR) is 107 cm³/mol. The van der Waals surface area contributed by atoms with Crippen LogP contribution in [0.15, 0.2) is 18.2 Å². The third kappa shape index (κ3) is 3.46. The molecule has 4 heterocycles. The molecule has 7 heteroatoms. The lowest BCUT2D eigenvalue weighted by molar-refractivity contribution is -0.136. The van der Waals surface area contributed by atoms with Gasteiger partial charge in [0.15, 0.2) is 0 Å². The molecule has 154 valence electrons. The summed E-state index contributed by atoms with van der Waals surface area (Å²) in [5, 5.41) is 9.87. The van der Waals surface area contributed by atoms with Gasteiger partial charge in [-0.3, -0.25) is 19.7 Å². The van der Waals surface area contributed by atoms with E-state index in [1.807, 2.05) is 12.1 Å². The van der Waals surface area contributed by atoms with Crippen molar-refractivity contribution in [1.29, 1.82) is 0 Å². The summed E-state index contributed by atoms with van der Waals surface area (Å²) in [6.45, 7) is 1.17. The molecule has 0 aromatic heterocycles. The highest BCUT2D eigenvalue weighted by Gasteiger charge is 2.40. The maximum atomic E-state index is 13.0. The molecular weight excluding hydrogens is 368 g/mol. The van der Waals surface area contributed by atoms with Crippen LogP contribution in [0.1, 0.15) is 66.4 Å². The largest absolute Gasteiger partial charge is 0.322 e. The molecule has 3 fully saturated rings. The van der Waals surface area contributed by atoms with Gasteiger partial charge in [0.1, 0.15) is 6.04 Å². The summed E-state index contributed by atoms with van der Waals surface area (Å²) in [7, 11) is 0. The van der Waals surface area contributed by atoms with E-state index >= 15 is 0 Å². The highest BCUT2D eigenvalue weighted by atomic mass is 16.2. The summed E-state index contributed by atoms with van der Waals surface area (Å²) >= 11 is 0. The second kappa shape index (κ2) is 7.54. The number of nitrogens with one attached hydrogen (secondary N) is 3. The number of benzene rings is 1. The van der Waals surface area contributed by atoms with Gasteiger partial charge in [-0.05, 0) is 49.3 Å². The minimum Gasteiger partial charge on any atom is -0.322 e. The smallest absolute Gasteiger partial charge is 0.255 e. The standard InChI is InChI=1S/C22H28N4O3/c27-20-10-9-19(21(28)25-20)26-12-16-13(3-1-5-15(16)22(26)29)11-23-17-6-2-4-14-7-8-18(17)24-14/h1,3,5,14,17-19,23-24H,2,4,6-12H2,(H,25,27,28). The predicted octanol–water partition coefficient (Wildman–Crippen LogP) is 1.21. The van der Waals surface area contributed by atoms with Gasteiger partial charge >= 0.3 is 0 Å². The van der Waals surface area contributed by atoms with Crippen LogP contribution in [0.25, 0.3) is 0 Å². The van der Waals surface area contributed by atoms with Crippen LogP contribution in [0.4, 0.5) is 0 Å². The summed E-state index contributed by atoms with van der Waals surface area (Å²) in [5.74, 6) is -0.722. The molecule has 2 bridgehead atoms. The summed E-state index contributed by atoms with van der Waals surface area (Å²) in [4.78, 5) is 38.3. The summed E-state index contributed by atoms with van der Waals surface area (Å²) in [6.07, 6.45) is 6.89. The molecule has 7 nitrogen and oxygen atoms in total. The van der Waals surface area contributed by atoms with Gasteiger partial charge in [0.2, 0.25) is 11.8 Å². The molecule has 0 spiro atoms. The number of nitrogens with zero attached hydrogens (tertiary/aromatic N) is 1. The van der Waals surface area contributed by atoms with Crippen LogP contribution >= 0.6 is 0 Å². The molecule has 3 saturated heterocycles. The Morgan fingerprint density at radius 3 is 2.83 bits per heavy atom. The third-order valence-corrected chi connectivity index (χ3v) is 7.06. The molecule has 4 aliphatic rings. The first kappa shape index (κ1) is 18.8. The van der Waals surface area contributed by atoms with Crippen molar-refractivity contribution in [3.63, 3.8) is 0 Å². The number of carbonyl (C=O) groups is 3. The Labute approximate surface area is 170 Å². The Balaban J connectivity index is 1.30. The van der Waals surface area contributed by atoms with Gasteiger partial charge in [0.25, 0.3) is 5.91 Å². The van der Waals surface area contributed by atoms with Crippen molar-refractivity contribution in [2.75, 3.05) is 0 Å². The number of imide groups is 1. The van der Waals surface area contributed by atoms with Gasteiger partial charge in [0, 0.05) is 43.2 Å². The minimum absolute atomic E-state index is 0.105. The van der Waals surface area contributed by atoms with Crippen molar-refractivity contribution in [2.24, 2.45) is 0 Å². The van der Waals surface area contributed by atoms with Crippen LogP contribution in [0, 0.1) is 0 Å². The van der Waals surface area contributed by atoms with E-state index in [-0.39, 0.29) is 24.1 Å². The van der Waals surface area contributed by atoms with E-state index in [4.69, 9.17) is 0 Å². The fourth-order valence-corrected chi connectivity index (χ4v) is 5.48. The lowest BCUT2D eigenvalue weighted by Crippen LogP contribution is -2.52. The van der Waals surface area contributed by atoms with Crippen molar-refractivity contribution in [3.05, 3.63) is 34.9 Å². The number of carbonyl (C=O) groups excluding carboxylic acids is 3. The fourth-order valence-electron chi connectivity index (χ4n) is 5.48.